The lowest BCUT2D eigenvalue weighted by Gasteiger charge is -2.15. The SMILES string of the molecule is CCC(NCCc1ccccn1)C1CC1. The van der Waals surface area contributed by atoms with E-state index in [1.807, 2.05) is 12.3 Å². The topological polar surface area (TPSA) is 24.9 Å². The highest BCUT2D eigenvalue weighted by Crippen LogP contribution is 2.33. The molecular formula is C13H20N2. The molecule has 15 heavy (non-hydrogen) atoms. The first-order valence-electron chi connectivity index (χ1n) is 6.03. The standard InChI is InChI=1S/C13H20N2/c1-2-13(11-6-7-11)15-10-8-12-5-3-4-9-14-12/h3-5,9,11,13,15H,2,6-8,10H2,1H3. The van der Waals surface area contributed by atoms with E-state index in [0.717, 1.165) is 24.9 Å². The van der Waals surface area contributed by atoms with Gasteiger partial charge in [0.25, 0.3) is 0 Å². The molecule has 1 aliphatic carbocycles. The summed E-state index contributed by atoms with van der Waals surface area (Å²) in [7, 11) is 0. The Morgan fingerprint density at radius 3 is 2.93 bits per heavy atom. The molecule has 0 aliphatic heterocycles. The number of rotatable bonds is 6. The van der Waals surface area contributed by atoms with Gasteiger partial charge in [0.1, 0.15) is 0 Å². The molecule has 1 N–H and O–H groups in total. The average molecular weight is 204 g/mol. The fraction of sp³-hybridized carbons (Fsp3) is 0.615. The van der Waals surface area contributed by atoms with Crippen LogP contribution >= 0.6 is 0 Å². The summed E-state index contributed by atoms with van der Waals surface area (Å²) in [4.78, 5) is 4.32. The predicted octanol–water partition coefficient (Wildman–Crippen LogP) is 2.40. The van der Waals surface area contributed by atoms with Crippen LogP contribution < -0.4 is 5.32 Å². The maximum absolute atomic E-state index is 4.32. The molecule has 1 saturated carbocycles. The average Bonchev–Trinajstić information content (AvgIpc) is 3.10. The number of aromatic nitrogens is 1. The fourth-order valence-electron chi connectivity index (χ4n) is 2.07. The molecule has 0 amide bonds. The quantitative estimate of drug-likeness (QED) is 0.769. The van der Waals surface area contributed by atoms with E-state index in [2.05, 4.69) is 29.4 Å². The van der Waals surface area contributed by atoms with E-state index in [0.29, 0.717) is 0 Å². The minimum absolute atomic E-state index is 0.744. The summed E-state index contributed by atoms with van der Waals surface area (Å²) in [6.45, 7) is 3.34. The van der Waals surface area contributed by atoms with Crippen LogP contribution in [0.2, 0.25) is 0 Å². The van der Waals surface area contributed by atoms with Gasteiger partial charge in [0.15, 0.2) is 0 Å². The van der Waals surface area contributed by atoms with Crippen LogP contribution in [0.3, 0.4) is 0 Å². The molecule has 1 aromatic rings. The van der Waals surface area contributed by atoms with Gasteiger partial charge in [0, 0.05) is 30.9 Å². The molecule has 0 aromatic carbocycles. The Labute approximate surface area is 92.1 Å². The maximum Gasteiger partial charge on any atom is 0.0416 e. The molecule has 0 spiro atoms. The van der Waals surface area contributed by atoms with Crippen LogP contribution in [-0.2, 0) is 6.42 Å². The molecule has 82 valence electrons. The third kappa shape index (κ3) is 3.31. The number of hydrogen-bond acceptors (Lipinski definition) is 2. The number of hydrogen-bond donors (Lipinski definition) is 1. The van der Waals surface area contributed by atoms with Crippen molar-refractivity contribution in [2.45, 2.75) is 38.6 Å². The number of nitrogens with one attached hydrogen (secondary N) is 1. The van der Waals surface area contributed by atoms with Gasteiger partial charge >= 0.3 is 0 Å². The van der Waals surface area contributed by atoms with Gasteiger partial charge in [-0.15, -0.1) is 0 Å². The third-order valence-corrected chi connectivity index (χ3v) is 3.14. The van der Waals surface area contributed by atoms with Crippen molar-refractivity contribution in [2.24, 2.45) is 5.92 Å². The lowest BCUT2D eigenvalue weighted by Crippen LogP contribution is -2.32. The molecule has 1 aromatic heterocycles. The van der Waals surface area contributed by atoms with Gasteiger partial charge < -0.3 is 5.32 Å². The van der Waals surface area contributed by atoms with Crippen LogP contribution in [0.4, 0.5) is 0 Å². The van der Waals surface area contributed by atoms with Crippen LogP contribution in [0.1, 0.15) is 31.9 Å². The van der Waals surface area contributed by atoms with Crippen molar-refractivity contribution in [1.29, 1.82) is 0 Å². The molecule has 1 aliphatic rings. The first-order valence-corrected chi connectivity index (χ1v) is 6.03. The van der Waals surface area contributed by atoms with Crippen molar-refractivity contribution < 1.29 is 0 Å². The molecule has 0 saturated heterocycles. The van der Waals surface area contributed by atoms with Gasteiger partial charge in [-0.1, -0.05) is 13.0 Å². The Kier molecular flexibility index (Phi) is 3.73. The Balaban J connectivity index is 1.69. The van der Waals surface area contributed by atoms with Crippen LogP contribution in [0.25, 0.3) is 0 Å². The normalized spacial score (nSPS) is 17.7. The summed E-state index contributed by atoms with van der Waals surface area (Å²) >= 11 is 0. The first-order chi connectivity index (χ1) is 7.40. The van der Waals surface area contributed by atoms with Crippen LogP contribution in [0, 0.1) is 5.92 Å². The van der Waals surface area contributed by atoms with Crippen molar-refractivity contribution in [3.63, 3.8) is 0 Å². The van der Waals surface area contributed by atoms with E-state index >= 15 is 0 Å². The molecule has 2 heteroatoms. The minimum Gasteiger partial charge on any atom is -0.313 e. The molecule has 0 radical (unpaired) electrons. The summed E-state index contributed by atoms with van der Waals surface area (Å²) in [5, 5.41) is 3.64. The monoisotopic (exact) mass is 204 g/mol. The molecule has 1 atom stereocenters. The zero-order valence-corrected chi connectivity index (χ0v) is 9.45. The smallest absolute Gasteiger partial charge is 0.0416 e. The summed E-state index contributed by atoms with van der Waals surface area (Å²) in [5.74, 6) is 0.957. The van der Waals surface area contributed by atoms with E-state index in [1.165, 1.54) is 25.0 Å². The lowest BCUT2D eigenvalue weighted by atomic mass is 10.1. The van der Waals surface area contributed by atoms with E-state index < -0.39 is 0 Å². The Hall–Kier alpha value is -0.890. The molecule has 2 rings (SSSR count). The minimum atomic E-state index is 0.744. The van der Waals surface area contributed by atoms with Crippen LogP contribution in [0.15, 0.2) is 24.4 Å². The van der Waals surface area contributed by atoms with Gasteiger partial charge in [0.05, 0.1) is 0 Å². The second kappa shape index (κ2) is 5.26. The van der Waals surface area contributed by atoms with Crippen LogP contribution in [-0.4, -0.2) is 17.6 Å². The zero-order valence-electron chi connectivity index (χ0n) is 9.45. The maximum atomic E-state index is 4.32. The van der Waals surface area contributed by atoms with Gasteiger partial charge in [-0.3, -0.25) is 4.98 Å². The number of nitrogens with zero attached hydrogens (tertiary/aromatic N) is 1. The molecule has 1 unspecified atom stereocenters. The first kappa shape index (κ1) is 10.6. The van der Waals surface area contributed by atoms with Crippen molar-refractivity contribution in [3.8, 4) is 0 Å². The fourth-order valence-corrected chi connectivity index (χ4v) is 2.07. The Morgan fingerprint density at radius 1 is 1.47 bits per heavy atom. The summed E-state index contributed by atoms with van der Waals surface area (Å²) in [5.41, 5.74) is 1.19. The highest BCUT2D eigenvalue weighted by Gasteiger charge is 2.29. The molecular weight excluding hydrogens is 184 g/mol. The molecule has 1 fully saturated rings. The summed E-state index contributed by atoms with van der Waals surface area (Å²) in [6, 6.07) is 6.87. The van der Waals surface area contributed by atoms with E-state index in [1.54, 1.807) is 0 Å². The van der Waals surface area contributed by atoms with Crippen LogP contribution in [0.5, 0.6) is 0 Å². The molecule has 1 heterocycles. The van der Waals surface area contributed by atoms with E-state index in [9.17, 15) is 0 Å². The van der Waals surface area contributed by atoms with Crippen molar-refractivity contribution in [2.75, 3.05) is 6.54 Å². The zero-order chi connectivity index (χ0) is 10.5. The Bertz CT molecular complexity index is 280. The van der Waals surface area contributed by atoms with Gasteiger partial charge in [0.2, 0.25) is 0 Å². The van der Waals surface area contributed by atoms with Crippen molar-refractivity contribution >= 4 is 0 Å². The second-order valence-corrected chi connectivity index (χ2v) is 4.38. The van der Waals surface area contributed by atoms with Gasteiger partial charge in [-0.2, -0.15) is 0 Å². The largest absolute Gasteiger partial charge is 0.313 e. The van der Waals surface area contributed by atoms with Gasteiger partial charge in [-0.25, -0.2) is 0 Å². The molecule has 0 bridgehead atoms. The third-order valence-electron chi connectivity index (χ3n) is 3.14. The Morgan fingerprint density at radius 2 is 2.33 bits per heavy atom. The number of pyridine rings is 1. The highest BCUT2D eigenvalue weighted by molar-refractivity contribution is 5.03. The highest BCUT2D eigenvalue weighted by atomic mass is 14.9. The van der Waals surface area contributed by atoms with E-state index in [4.69, 9.17) is 0 Å². The second-order valence-electron chi connectivity index (χ2n) is 4.38. The lowest BCUT2D eigenvalue weighted by molar-refractivity contribution is 0.452. The van der Waals surface area contributed by atoms with Gasteiger partial charge in [-0.05, 0) is 37.3 Å². The summed E-state index contributed by atoms with van der Waals surface area (Å²) in [6.07, 6.45) is 7.02. The van der Waals surface area contributed by atoms with E-state index in [-0.39, 0.29) is 0 Å². The van der Waals surface area contributed by atoms with Crippen molar-refractivity contribution in [3.05, 3.63) is 30.1 Å². The predicted molar refractivity (Wildman–Crippen MR) is 62.7 cm³/mol. The summed E-state index contributed by atoms with van der Waals surface area (Å²) < 4.78 is 0. The molecule has 2 nitrogen and oxygen atoms in total. The van der Waals surface area contributed by atoms with Crippen molar-refractivity contribution in [1.82, 2.24) is 10.3 Å².